The van der Waals surface area contributed by atoms with E-state index >= 15 is 0 Å². The Morgan fingerprint density at radius 2 is 1.97 bits per heavy atom. The van der Waals surface area contributed by atoms with Crippen LogP contribution in [-0.4, -0.2) is 25.8 Å². The zero-order chi connectivity index (χ0) is 21.8. The number of anilines is 1. The Labute approximate surface area is 192 Å². The second-order valence-corrected chi connectivity index (χ2v) is 9.07. The number of hydrogen-bond donors (Lipinski definition) is 2. The first-order valence-corrected chi connectivity index (χ1v) is 11.6. The molecule has 3 N–H and O–H groups in total. The van der Waals surface area contributed by atoms with Crippen molar-refractivity contribution in [3.63, 3.8) is 0 Å². The van der Waals surface area contributed by atoms with Gasteiger partial charge in [-0.3, -0.25) is 4.79 Å². The first-order valence-electron chi connectivity index (χ1n) is 9.37. The van der Waals surface area contributed by atoms with Crippen LogP contribution in [0.4, 0.5) is 5.69 Å². The van der Waals surface area contributed by atoms with Crippen LogP contribution in [0.3, 0.4) is 0 Å². The first-order chi connectivity index (χ1) is 15.0. The number of hydrogen-bond acceptors (Lipinski definition) is 7. The average molecular weight is 471 g/mol. The molecule has 0 bridgehead atoms. The Balaban J connectivity index is 1.35. The van der Waals surface area contributed by atoms with Gasteiger partial charge in [-0.15, -0.1) is 21.5 Å². The summed E-state index contributed by atoms with van der Waals surface area (Å²) in [4.78, 5) is 16.9. The summed E-state index contributed by atoms with van der Waals surface area (Å²) in [6.45, 7) is 1.96. The van der Waals surface area contributed by atoms with E-state index in [4.69, 9.17) is 17.4 Å². The zero-order valence-electron chi connectivity index (χ0n) is 16.6. The van der Waals surface area contributed by atoms with Crippen LogP contribution in [0, 0.1) is 6.92 Å². The molecule has 1 amide bonds. The number of thiazole rings is 1. The van der Waals surface area contributed by atoms with Gasteiger partial charge < -0.3 is 11.2 Å². The molecule has 0 radical (unpaired) electrons. The second-order valence-electron chi connectivity index (χ2n) is 6.74. The molecular weight excluding hydrogens is 452 g/mol. The van der Waals surface area contributed by atoms with Crippen molar-refractivity contribution in [2.45, 2.75) is 24.3 Å². The summed E-state index contributed by atoms with van der Waals surface area (Å²) in [5.74, 6) is 7.21. The summed E-state index contributed by atoms with van der Waals surface area (Å²) in [5, 5.41) is 15.2. The molecule has 4 aromatic rings. The smallest absolute Gasteiger partial charge is 0.231 e. The summed E-state index contributed by atoms with van der Waals surface area (Å²) in [6, 6.07) is 14.9. The normalized spacial score (nSPS) is 10.9. The molecule has 0 unspecified atom stereocenters. The summed E-state index contributed by atoms with van der Waals surface area (Å²) in [7, 11) is 0. The van der Waals surface area contributed by atoms with E-state index in [1.54, 1.807) is 12.1 Å². The molecular formula is C21H19ClN6OS2. The molecule has 0 atom stereocenters. The van der Waals surface area contributed by atoms with Gasteiger partial charge in [0, 0.05) is 27.4 Å². The van der Waals surface area contributed by atoms with Crippen molar-refractivity contribution in [3.8, 4) is 11.4 Å². The quantitative estimate of drug-likeness (QED) is 0.303. The number of nitrogens with two attached hydrogens (primary N) is 1. The number of carbonyl (C=O) groups is 1. The fraction of sp³-hybridized carbons (Fsp3) is 0.143. The van der Waals surface area contributed by atoms with Crippen molar-refractivity contribution < 1.29 is 4.79 Å². The molecule has 2 aromatic heterocycles. The predicted molar refractivity (Wildman–Crippen MR) is 126 cm³/mol. The van der Waals surface area contributed by atoms with Crippen LogP contribution in [0.1, 0.15) is 16.3 Å². The Bertz CT molecular complexity index is 1200. The fourth-order valence-corrected chi connectivity index (χ4v) is 4.62. The van der Waals surface area contributed by atoms with E-state index in [0.717, 1.165) is 27.5 Å². The lowest BCUT2D eigenvalue weighted by molar-refractivity contribution is -0.115. The molecule has 0 saturated carbocycles. The number of halogens is 1. The summed E-state index contributed by atoms with van der Waals surface area (Å²) < 4.78 is 1.46. The third-order valence-corrected chi connectivity index (χ3v) is 6.57. The van der Waals surface area contributed by atoms with Crippen molar-refractivity contribution in [2.24, 2.45) is 0 Å². The highest BCUT2D eigenvalue weighted by Crippen LogP contribution is 2.26. The van der Waals surface area contributed by atoms with Gasteiger partial charge in [-0.05, 0) is 42.8 Å². The summed E-state index contributed by atoms with van der Waals surface area (Å²) in [5.41, 5.74) is 3.54. The van der Waals surface area contributed by atoms with E-state index in [1.807, 2.05) is 48.7 Å². The molecule has 31 heavy (non-hydrogen) atoms. The van der Waals surface area contributed by atoms with Gasteiger partial charge >= 0.3 is 0 Å². The minimum atomic E-state index is -0.0860. The van der Waals surface area contributed by atoms with E-state index in [9.17, 15) is 4.79 Å². The zero-order valence-corrected chi connectivity index (χ0v) is 19.0. The second kappa shape index (κ2) is 9.51. The fourth-order valence-electron chi connectivity index (χ4n) is 2.85. The Morgan fingerprint density at radius 1 is 1.19 bits per heavy atom. The van der Waals surface area contributed by atoms with Gasteiger partial charge in [-0.1, -0.05) is 41.6 Å². The van der Waals surface area contributed by atoms with E-state index in [0.29, 0.717) is 21.8 Å². The van der Waals surface area contributed by atoms with Gasteiger partial charge in [0.2, 0.25) is 11.1 Å². The predicted octanol–water partition coefficient (Wildman–Crippen LogP) is 4.55. The number of nitrogen functional groups attached to an aromatic ring is 1. The number of carbonyl (C=O) groups excluding carboxylic acids is 1. The highest BCUT2D eigenvalue weighted by atomic mass is 35.5. The standard InChI is InChI=1S/C21H19ClN6OS2/c1-13-4-2-3-5-17(13)25-18(29)10-19-24-16(11-30-19)12-31-21-27-26-20(28(21)23)14-6-8-15(22)9-7-14/h2-9,11H,10,12,23H2,1H3,(H,25,29). The van der Waals surface area contributed by atoms with Crippen LogP contribution in [0.15, 0.2) is 59.1 Å². The topological polar surface area (TPSA) is 98.7 Å². The first kappa shape index (κ1) is 21.4. The number of rotatable bonds is 7. The van der Waals surface area contributed by atoms with Crippen LogP contribution < -0.4 is 11.2 Å². The number of benzene rings is 2. The maximum Gasteiger partial charge on any atom is 0.231 e. The number of amides is 1. The van der Waals surface area contributed by atoms with Crippen molar-refractivity contribution in [1.82, 2.24) is 19.9 Å². The van der Waals surface area contributed by atoms with Gasteiger partial charge in [-0.25, -0.2) is 9.66 Å². The van der Waals surface area contributed by atoms with E-state index in [-0.39, 0.29) is 12.3 Å². The molecule has 10 heteroatoms. The van der Waals surface area contributed by atoms with Crippen LogP contribution in [-0.2, 0) is 17.0 Å². The number of nitrogens with zero attached hydrogens (tertiary/aromatic N) is 4. The number of aryl methyl sites for hydroxylation is 1. The van der Waals surface area contributed by atoms with Gasteiger partial charge in [0.1, 0.15) is 5.01 Å². The highest BCUT2D eigenvalue weighted by Gasteiger charge is 2.14. The average Bonchev–Trinajstić information content (AvgIpc) is 3.35. The molecule has 0 fully saturated rings. The Morgan fingerprint density at radius 3 is 2.74 bits per heavy atom. The van der Waals surface area contributed by atoms with E-state index < -0.39 is 0 Å². The van der Waals surface area contributed by atoms with E-state index in [2.05, 4.69) is 20.5 Å². The maximum atomic E-state index is 12.3. The van der Waals surface area contributed by atoms with Crippen LogP contribution in [0.25, 0.3) is 11.4 Å². The highest BCUT2D eigenvalue weighted by molar-refractivity contribution is 7.98. The molecule has 158 valence electrons. The van der Waals surface area contributed by atoms with Gasteiger partial charge in [-0.2, -0.15) is 0 Å². The third-order valence-electron chi connectivity index (χ3n) is 4.45. The lowest BCUT2D eigenvalue weighted by Gasteiger charge is -2.06. The molecule has 2 heterocycles. The van der Waals surface area contributed by atoms with Crippen LogP contribution in [0.5, 0.6) is 0 Å². The molecule has 0 spiro atoms. The summed E-state index contributed by atoms with van der Waals surface area (Å²) >= 11 is 8.83. The molecule has 0 aliphatic heterocycles. The number of para-hydroxylation sites is 1. The van der Waals surface area contributed by atoms with Gasteiger partial charge in [0.15, 0.2) is 5.82 Å². The van der Waals surface area contributed by atoms with Crippen molar-refractivity contribution in [1.29, 1.82) is 0 Å². The third kappa shape index (κ3) is 5.25. The molecule has 0 aliphatic rings. The SMILES string of the molecule is Cc1ccccc1NC(=O)Cc1nc(CSc2nnc(-c3ccc(Cl)cc3)n2N)cs1. The van der Waals surface area contributed by atoms with Gasteiger partial charge in [0.05, 0.1) is 12.1 Å². The monoisotopic (exact) mass is 470 g/mol. The largest absolute Gasteiger partial charge is 0.335 e. The summed E-state index contributed by atoms with van der Waals surface area (Å²) in [6.07, 6.45) is 0.234. The Kier molecular flexibility index (Phi) is 6.55. The van der Waals surface area contributed by atoms with Crippen molar-refractivity contribution in [3.05, 3.63) is 75.2 Å². The minimum Gasteiger partial charge on any atom is -0.335 e. The van der Waals surface area contributed by atoms with Crippen molar-refractivity contribution in [2.75, 3.05) is 11.2 Å². The van der Waals surface area contributed by atoms with E-state index in [1.165, 1.54) is 27.8 Å². The van der Waals surface area contributed by atoms with Gasteiger partial charge in [0.25, 0.3) is 0 Å². The van der Waals surface area contributed by atoms with Crippen LogP contribution in [0.2, 0.25) is 5.02 Å². The maximum absolute atomic E-state index is 12.3. The number of aromatic nitrogens is 4. The van der Waals surface area contributed by atoms with Crippen LogP contribution >= 0.6 is 34.7 Å². The number of nitrogens with one attached hydrogen (secondary N) is 1. The lowest BCUT2D eigenvalue weighted by atomic mass is 10.2. The molecule has 7 nitrogen and oxygen atoms in total. The Hall–Kier alpha value is -2.88. The molecule has 0 saturated heterocycles. The minimum absolute atomic E-state index is 0.0860. The molecule has 4 rings (SSSR count). The lowest BCUT2D eigenvalue weighted by Crippen LogP contribution is -2.15. The number of thioether (sulfide) groups is 1. The molecule has 2 aromatic carbocycles. The molecule has 0 aliphatic carbocycles. The van der Waals surface area contributed by atoms with Crippen molar-refractivity contribution >= 4 is 46.3 Å².